The van der Waals surface area contributed by atoms with E-state index < -0.39 is 21.7 Å². The van der Waals surface area contributed by atoms with Crippen LogP contribution in [0.4, 0.5) is 0 Å². The molecule has 8 heteroatoms. The average Bonchev–Trinajstić information content (AvgIpc) is 3.21. The highest BCUT2D eigenvalue weighted by Gasteiger charge is 2.39. The Hall–Kier alpha value is -2.74. The zero-order valence-corrected chi connectivity index (χ0v) is 17.0. The molecule has 0 unspecified atom stereocenters. The molecule has 152 valence electrons. The lowest BCUT2D eigenvalue weighted by molar-refractivity contribution is 0.0523. The van der Waals surface area contributed by atoms with E-state index in [1.807, 2.05) is 0 Å². The van der Waals surface area contributed by atoms with Crippen LogP contribution in [0.2, 0.25) is 0 Å². The van der Waals surface area contributed by atoms with Gasteiger partial charge in [-0.05, 0) is 20.3 Å². The molecule has 7 nitrogen and oxygen atoms in total. The van der Waals surface area contributed by atoms with Crippen LogP contribution in [-0.4, -0.2) is 50.5 Å². The van der Waals surface area contributed by atoms with Gasteiger partial charge in [-0.25, -0.2) is 13.2 Å². The second-order valence-corrected chi connectivity index (χ2v) is 9.47. The molecule has 2 heterocycles. The lowest BCUT2D eigenvalue weighted by Crippen LogP contribution is -2.23. The molecule has 1 fully saturated rings. The minimum Gasteiger partial charge on any atom is -0.462 e. The lowest BCUT2D eigenvalue weighted by Gasteiger charge is -2.21. The second kappa shape index (κ2) is 7.26. The summed E-state index contributed by atoms with van der Waals surface area (Å²) in [6, 6.07) is 6.67. The third-order valence-electron chi connectivity index (χ3n) is 5.29. The molecular formula is C21H21NO6S. The number of sulfone groups is 1. The number of aryl methyl sites for hydroxylation is 1. The van der Waals surface area contributed by atoms with Crippen LogP contribution in [0.5, 0.6) is 0 Å². The van der Waals surface area contributed by atoms with Gasteiger partial charge in [0.15, 0.2) is 15.6 Å². The highest BCUT2D eigenvalue weighted by Crippen LogP contribution is 2.43. The Kier molecular flexibility index (Phi) is 4.90. The van der Waals surface area contributed by atoms with Crippen LogP contribution in [0.15, 0.2) is 33.7 Å². The maximum absolute atomic E-state index is 13.3. The van der Waals surface area contributed by atoms with E-state index >= 15 is 0 Å². The van der Waals surface area contributed by atoms with Crippen molar-refractivity contribution in [3.8, 4) is 11.3 Å². The van der Waals surface area contributed by atoms with Crippen molar-refractivity contribution in [1.29, 1.82) is 0 Å². The highest BCUT2D eigenvalue weighted by atomic mass is 32.2. The summed E-state index contributed by atoms with van der Waals surface area (Å²) in [7, 11) is -3.09. The minimum atomic E-state index is -3.09. The summed E-state index contributed by atoms with van der Waals surface area (Å²) < 4.78 is 34.5. The van der Waals surface area contributed by atoms with E-state index in [-0.39, 0.29) is 35.5 Å². The van der Waals surface area contributed by atoms with E-state index in [4.69, 9.17) is 9.15 Å². The van der Waals surface area contributed by atoms with Crippen LogP contribution in [0, 0.1) is 6.92 Å². The van der Waals surface area contributed by atoms with E-state index in [2.05, 4.69) is 4.99 Å². The number of fused-ring (bicyclic) bond motifs is 3. The van der Waals surface area contributed by atoms with Gasteiger partial charge in [0.2, 0.25) is 0 Å². The fourth-order valence-corrected chi connectivity index (χ4v) is 5.59. The van der Waals surface area contributed by atoms with Crippen LogP contribution in [0.25, 0.3) is 11.3 Å². The van der Waals surface area contributed by atoms with E-state index in [1.165, 1.54) is 6.21 Å². The van der Waals surface area contributed by atoms with Gasteiger partial charge in [0, 0.05) is 22.9 Å². The molecule has 1 aliphatic carbocycles. The fourth-order valence-electron chi connectivity index (χ4n) is 3.95. The van der Waals surface area contributed by atoms with Gasteiger partial charge in [-0.15, -0.1) is 0 Å². The molecule has 1 aromatic heterocycles. The number of aliphatic imine (C=N–C) groups is 1. The normalized spacial score (nSPS) is 22.5. The maximum Gasteiger partial charge on any atom is 0.342 e. The molecule has 0 saturated carbocycles. The molecule has 0 radical (unpaired) electrons. The number of nitrogens with zero attached hydrogens (tertiary/aromatic N) is 1. The number of furan rings is 1. The molecule has 0 amide bonds. The van der Waals surface area contributed by atoms with Gasteiger partial charge in [-0.1, -0.05) is 24.3 Å². The first-order chi connectivity index (χ1) is 13.8. The van der Waals surface area contributed by atoms with Crippen molar-refractivity contribution in [2.45, 2.75) is 32.2 Å². The zero-order valence-electron chi connectivity index (χ0n) is 16.2. The quantitative estimate of drug-likeness (QED) is 0.562. The zero-order chi connectivity index (χ0) is 20.8. The molecule has 0 N–H and O–H groups in total. The van der Waals surface area contributed by atoms with Crippen LogP contribution in [0.1, 0.15) is 51.3 Å². The van der Waals surface area contributed by atoms with Gasteiger partial charge < -0.3 is 9.15 Å². The number of carbonyl (C=O) groups is 2. The molecule has 29 heavy (non-hydrogen) atoms. The number of Topliss-reactive ketones (excluding diaryl/α,β-unsaturated/α-hetero) is 1. The Labute approximate surface area is 168 Å². The van der Waals surface area contributed by atoms with Gasteiger partial charge in [-0.2, -0.15) is 0 Å². The molecule has 0 bridgehead atoms. The highest BCUT2D eigenvalue weighted by molar-refractivity contribution is 7.91. The number of rotatable bonds is 4. The summed E-state index contributed by atoms with van der Waals surface area (Å²) in [5, 5.41) is 0. The van der Waals surface area contributed by atoms with Crippen molar-refractivity contribution < 1.29 is 27.2 Å². The fraction of sp³-hybridized carbons (Fsp3) is 0.381. The van der Waals surface area contributed by atoms with Crippen molar-refractivity contribution in [2.75, 3.05) is 18.1 Å². The third-order valence-corrected chi connectivity index (χ3v) is 7.04. The largest absolute Gasteiger partial charge is 0.462 e. The Balaban J connectivity index is 1.83. The Morgan fingerprint density at radius 3 is 2.69 bits per heavy atom. The summed E-state index contributed by atoms with van der Waals surface area (Å²) in [6.45, 7) is 3.57. The van der Waals surface area contributed by atoms with Crippen molar-refractivity contribution in [1.82, 2.24) is 0 Å². The number of ether oxygens (including phenoxy) is 1. The first-order valence-electron chi connectivity index (χ1n) is 9.50. The standard InChI is InChI=1S/C21H21NO6S/c1-3-27-21(24)17-12(2)28-20-15-7-5-4-6-14(15)19(23)16(18(17)20)10-22-13-8-9-29(25,26)11-13/h4-7,10,13,16H,3,8-9,11H2,1-2H3/t13-,16+/m1/s1. The molecule has 2 aromatic rings. The minimum absolute atomic E-state index is 0.0248. The number of hydrogen-bond donors (Lipinski definition) is 0. The SMILES string of the molecule is CCOC(=O)c1c(C)oc2c1[C@H](C=N[C@@H]1CCS(=O)(=O)C1)C(=O)c1ccccc1-2. The second-order valence-electron chi connectivity index (χ2n) is 7.24. The topological polar surface area (TPSA) is 103 Å². The predicted molar refractivity (Wildman–Crippen MR) is 107 cm³/mol. The smallest absolute Gasteiger partial charge is 0.342 e. The maximum atomic E-state index is 13.3. The number of hydrogen-bond acceptors (Lipinski definition) is 7. The van der Waals surface area contributed by atoms with Crippen molar-refractivity contribution in [2.24, 2.45) is 4.99 Å². The number of carbonyl (C=O) groups excluding carboxylic acids is 2. The summed E-state index contributed by atoms with van der Waals surface area (Å²) >= 11 is 0. The molecule has 1 aliphatic heterocycles. The van der Waals surface area contributed by atoms with Gasteiger partial charge in [0.25, 0.3) is 0 Å². The molecular weight excluding hydrogens is 394 g/mol. The van der Waals surface area contributed by atoms with Crippen LogP contribution < -0.4 is 0 Å². The Morgan fingerprint density at radius 1 is 1.31 bits per heavy atom. The summed E-state index contributed by atoms with van der Waals surface area (Å²) in [5.74, 6) is -0.687. The first-order valence-corrected chi connectivity index (χ1v) is 11.3. The van der Waals surface area contributed by atoms with Gasteiger partial charge in [-0.3, -0.25) is 9.79 Å². The molecule has 4 rings (SSSR count). The van der Waals surface area contributed by atoms with Crippen LogP contribution in [-0.2, 0) is 14.6 Å². The lowest BCUT2D eigenvalue weighted by atomic mass is 9.80. The van der Waals surface area contributed by atoms with Crippen LogP contribution in [0.3, 0.4) is 0 Å². The molecule has 0 spiro atoms. The average molecular weight is 415 g/mol. The summed E-state index contributed by atoms with van der Waals surface area (Å²) in [5.41, 5.74) is 1.79. The van der Waals surface area contributed by atoms with Crippen molar-refractivity contribution in [3.63, 3.8) is 0 Å². The molecule has 1 aromatic carbocycles. The van der Waals surface area contributed by atoms with E-state index in [1.54, 1.807) is 38.1 Å². The number of benzene rings is 1. The van der Waals surface area contributed by atoms with E-state index in [0.29, 0.717) is 34.6 Å². The van der Waals surface area contributed by atoms with Crippen molar-refractivity contribution in [3.05, 3.63) is 46.7 Å². The van der Waals surface area contributed by atoms with Gasteiger partial charge >= 0.3 is 5.97 Å². The number of esters is 1. The first kappa shape index (κ1) is 19.6. The van der Waals surface area contributed by atoms with Crippen LogP contribution >= 0.6 is 0 Å². The van der Waals surface area contributed by atoms with Crippen molar-refractivity contribution >= 4 is 27.8 Å². The summed E-state index contributed by atoms with van der Waals surface area (Å²) in [6.07, 6.45) is 1.90. The van der Waals surface area contributed by atoms with E-state index in [9.17, 15) is 18.0 Å². The Bertz CT molecular complexity index is 1130. The van der Waals surface area contributed by atoms with E-state index in [0.717, 1.165) is 0 Å². The Morgan fingerprint density at radius 2 is 2.03 bits per heavy atom. The molecule has 1 saturated heterocycles. The van der Waals surface area contributed by atoms with Gasteiger partial charge in [0.1, 0.15) is 17.1 Å². The summed E-state index contributed by atoms with van der Waals surface area (Å²) in [4.78, 5) is 30.2. The third kappa shape index (κ3) is 3.42. The molecule has 2 aliphatic rings. The number of ketones is 1. The predicted octanol–water partition coefficient (Wildman–Crippen LogP) is 2.97. The van der Waals surface area contributed by atoms with Gasteiger partial charge in [0.05, 0.1) is 30.1 Å². The monoisotopic (exact) mass is 415 g/mol. The molecule has 2 atom stereocenters.